The van der Waals surface area contributed by atoms with Crippen molar-refractivity contribution in [3.63, 3.8) is 0 Å². The molecule has 2 rings (SSSR count). The number of nitrogens with two attached hydrogens (primary N) is 1. The van der Waals surface area contributed by atoms with E-state index in [1.165, 1.54) is 30.3 Å². The maximum atomic E-state index is 13.1. The summed E-state index contributed by atoms with van der Waals surface area (Å²) in [7, 11) is 0. The first-order chi connectivity index (χ1) is 9.10. The first kappa shape index (κ1) is 13.5. The molecule has 0 amide bonds. The molecule has 2 N–H and O–H groups in total. The molecule has 0 aromatic heterocycles. The summed E-state index contributed by atoms with van der Waals surface area (Å²) in [6.07, 6.45) is 0. The van der Waals surface area contributed by atoms with E-state index in [9.17, 15) is 8.78 Å². The van der Waals surface area contributed by atoms with Crippen molar-refractivity contribution < 1.29 is 13.5 Å². The third-order valence-electron chi connectivity index (χ3n) is 2.94. The molecule has 19 heavy (non-hydrogen) atoms. The molecule has 0 aliphatic carbocycles. The molecular weight excluding hydrogens is 248 g/mol. The van der Waals surface area contributed by atoms with Crippen molar-refractivity contribution in [2.45, 2.75) is 20.1 Å². The van der Waals surface area contributed by atoms with Crippen LogP contribution >= 0.6 is 0 Å². The van der Waals surface area contributed by atoms with Gasteiger partial charge in [0.05, 0.1) is 0 Å². The Morgan fingerprint density at radius 3 is 2.32 bits per heavy atom. The van der Waals surface area contributed by atoms with Gasteiger partial charge in [0.1, 0.15) is 24.0 Å². The van der Waals surface area contributed by atoms with E-state index in [1.807, 2.05) is 6.92 Å². The lowest BCUT2D eigenvalue weighted by molar-refractivity contribution is 0.301. The fraction of sp³-hybridized carbons (Fsp3) is 0.200. The summed E-state index contributed by atoms with van der Waals surface area (Å²) in [5.74, 6) is -0.135. The van der Waals surface area contributed by atoms with Crippen LogP contribution in [0.2, 0.25) is 0 Å². The number of rotatable bonds is 4. The van der Waals surface area contributed by atoms with Crippen LogP contribution < -0.4 is 10.5 Å². The van der Waals surface area contributed by atoms with Crippen molar-refractivity contribution in [1.82, 2.24) is 0 Å². The highest BCUT2D eigenvalue weighted by atomic mass is 19.1. The van der Waals surface area contributed by atoms with Crippen molar-refractivity contribution in [1.29, 1.82) is 0 Å². The standard InChI is InChI=1S/C15H15F2NO/c1-10-2-3-13(16)7-12(10)9-19-15-5-4-14(17)6-11(15)8-18/h2-7H,8-9,18H2,1H3. The molecule has 0 aliphatic rings. The lowest BCUT2D eigenvalue weighted by atomic mass is 10.1. The highest BCUT2D eigenvalue weighted by molar-refractivity contribution is 5.34. The second-order valence-electron chi connectivity index (χ2n) is 4.32. The van der Waals surface area contributed by atoms with Crippen molar-refractivity contribution in [2.24, 2.45) is 5.73 Å². The summed E-state index contributed by atoms with van der Waals surface area (Å²) >= 11 is 0. The fourth-order valence-electron chi connectivity index (χ4n) is 1.80. The van der Waals surface area contributed by atoms with Gasteiger partial charge in [0.2, 0.25) is 0 Å². The van der Waals surface area contributed by atoms with Gasteiger partial charge < -0.3 is 10.5 Å². The van der Waals surface area contributed by atoms with Crippen molar-refractivity contribution in [2.75, 3.05) is 0 Å². The topological polar surface area (TPSA) is 35.2 Å². The molecule has 0 atom stereocenters. The molecule has 4 heteroatoms. The Morgan fingerprint density at radius 1 is 1.00 bits per heavy atom. The van der Waals surface area contributed by atoms with Crippen LogP contribution in [-0.2, 0) is 13.2 Å². The van der Waals surface area contributed by atoms with Crippen LogP contribution in [0.3, 0.4) is 0 Å². The zero-order valence-electron chi connectivity index (χ0n) is 10.6. The molecule has 0 radical (unpaired) electrons. The van der Waals surface area contributed by atoms with Gasteiger partial charge in [-0.25, -0.2) is 8.78 Å². The van der Waals surface area contributed by atoms with Gasteiger partial charge in [-0.1, -0.05) is 6.07 Å². The molecule has 0 aliphatic heterocycles. The molecule has 0 spiro atoms. The van der Waals surface area contributed by atoms with Gasteiger partial charge in [0.15, 0.2) is 0 Å². The van der Waals surface area contributed by atoms with E-state index in [-0.39, 0.29) is 24.8 Å². The minimum Gasteiger partial charge on any atom is -0.489 e. The largest absolute Gasteiger partial charge is 0.489 e. The van der Waals surface area contributed by atoms with Gasteiger partial charge in [-0.15, -0.1) is 0 Å². The molecule has 100 valence electrons. The zero-order valence-corrected chi connectivity index (χ0v) is 10.6. The van der Waals surface area contributed by atoms with Gasteiger partial charge in [0, 0.05) is 12.1 Å². The minimum atomic E-state index is -0.352. The zero-order chi connectivity index (χ0) is 13.8. The van der Waals surface area contributed by atoms with E-state index in [4.69, 9.17) is 10.5 Å². The summed E-state index contributed by atoms with van der Waals surface area (Å²) in [6.45, 7) is 2.30. The van der Waals surface area contributed by atoms with Gasteiger partial charge in [0.25, 0.3) is 0 Å². The first-order valence-electron chi connectivity index (χ1n) is 5.96. The van der Waals surface area contributed by atoms with Gasteiger partial charge in [-0.05, 0) is 48.4 Å². The molecule has 0 unspecified atom stereocenters. The second kappa shape index (κ2) is 5.80. The quantitative estimate of drug-likeness (QED) is 0.918. The molecule has 2 aromatic carbocycles. The molecular formula is C15H15F2NO. The monoisotopic (exact) mass is 263 g/mol. The normalized spacial score (nSPS) is 10.5. The number of ether oxygens (including phenoxy) is 1. The minimum absolute atomic E-state index is 0.190. The summed E-state index contributed by atoms with van der Waals surface area (Å²) in [4.78, 5) is 0. The lowest BCUT2D eigenvalue weighted by Gasteiger charge is -2.12. The Kier molecular flexibility index (Phi) is 4.12. The van der Waals surface area contributed by atoms with E-state index in [0.29, 0.717) is 11.3 Å². The molecule has 0 saturated carbocycles. The Balaban J connectivity index is 2.16. The van der Waals surface area contributed by atoms with Gasteiger partial charge in [-0.3, -0.25) is 0 Å². The maximum absolute atomic E-state index is 13.1. The highest BCUT2D eigenvalue weighted by Crippen LogP contribution is 2.21. The number of benzene rings is 2. The Morgan fingerprint density at radius 2 is 1.63 bits per heavy atom. The third-order valence-corrected chi connectivity index (χ3v) is 2.94. The van der Waals surface area contributed by atoms with Gasteiger partial charge in [-0.2, -0.15) is 0 Å². The number of halogens is 2. The first-order valence-corrected chi connectivity index (χ1v) is 5.96. The maximum Gasteiger partial charge on any atom is 0.124 e. The Hall–Kier alpha value is -1.94. The summed E-state index contributed by atoms with van der Waals surface area (Å²) < 4.78 is 31.8. The van der Waals surface area contributed by atoms with Crippen LogP contribution in [0.4, 0.5) is 8.78 Å². The van der Waals surface area contributed by atoms with Crippen LogP contribution in [0.1, 0.15) is 16.7 Å². The van der Waals surface area contributed by atoms with Crippen molar-refractivity contribution >= 4 is 0 Å². The lowest BCUT2D eigenvalue weighted by Crippen LogP contribution is -2.04. The molecule has 2 nitrogen and oxygen atoms in total. The fourth-order valence-corrected chi connectivity index (χ4v) is 1.80. The van der Waals surface area contributed by atoms with Crippen molar-refractivity contribution in [3.8, 4) is 5.75 Å². The summed E-state index contributed by atoms with van der Waals surface area (Å²) in [6, 6.07) is 8.72. The SMILES string of the molecule is Cc1ccc(F)cc1COc1ccc(F)cc1CN. The van der Waals surface area contributed by atoms with Crippen LogP contribution in [0.25, 0.3) is 0 Å². The predicted octanol–water partition coefficient (Wildman–Crippen LogP) is 3.31. The smallest absolute Gasteiger partial charge is 0.124 e. The second-order valence-corrected chi connectivity index (χ2v) is 4.32. The third kappa shape index (κ3) is 3.29. The average Bonchev–Trinajstić information content (AvgIpc) is 2.40. The van der Waals surface area contributed by atoms with Crippen LogP contribution in [0.15, 0.2) is 36.4 Å². The van der Waals surface area contributed by atoms with Crippen LogP contribution in [0, 0.1) is 18.6 Å². The van der Waals surface area contributed by atoms with E-state index in [0.717, 1.165) is 11.1 Å². The molecule has 0 fully saturated rings. The predicted molar refractivity (Wildman–Crippen MR) is 69.8 cm³/mol. The molecule has 0 bridgehead atoms. The Labute approximate surface area is 110 Å². The Bertz CT molecular complexity index is 584. The van der Waals surface area contributed by atoms with Crippen LogP contribution in [0.5, 0.6) is 5.75 Å². The van der Waals surface area contributed by atoms with E-state index >= 15 is 0 Å². The number of hydrogen-bond acceptors (Lipinski definition) is 2. The van der Waals surface area contributed by atoms with Gasteiger partial charge >= 0.3 is 0 Å². The van der Waals surface area contributed by atoms with E-state index in [1.54, 1.807) is 6.07 Å². The number of aryl methyl sites for hydroxylation is 1. The van der Waals surface area contributed by atoms with Crippen LogP contribution in [-0.4, -0.2) is 0 Å². The van der Waals surface area contributed by atoms with E-state index in [2.05, 4.69) is 0 Å². The molecule has 0 saturated heterocycles. The molecule has 0 heterocycles. The summed E-state index contributed by atoms with van der Waals surface area (Å²) in [5, 5.41) is 0. The highest BCUT2D eigenvalue weighted by Gasteiger charge is 2.06. The number of hydrogen-bond donors (Lipinski definition) is 1. The van der Waals surface area contributed by atoms with E-state index < -0.39 is 0 Å². The summed E-state index contributed by atoms with van der Waals surface area (Å²) in [5.41, 5.74) is 7.83. The molecule has 2 aromatic rings. The average molecular weight is 263 g/mol. The van der Waals surface area contributed by atoms with Crippen molar-refractivity contribution in [3.05, 3.63) is 64.7 Å².